The summed E-state index contributed by atoms with van der Waals surface area (Å²) in [6.45, 7) is 0.821. The summed E-state index contributed by atoms with van der Waals surface area (Å²) in [5.41, 5.74) is 1.14. The molecule has 0 amide bonds. The average Bonchev–Trinajstić information content (AvgIpc) is 3.25. The van der Waals surface area contributed by atoms with Gasteiger partial charge in [0.2, 0.25) is 0 Å². The maximum absolute atomic E-state index is 6.08. The second-order valence-corrected chi connectivity index (χ2v) is 6.65. The van der Waals surface area contributed by atoms with Crippen LogP contribution >= 0.6 is 34.2 Å². The molecule has 1 N–H and O–H groups in total. The minimum absolute atomic E-state index is 0.678. The van der Waals surface area contributed by atoms with E-state index >= 15 is 0 Å². The number of benzene rings is 2. The van der Waals surface area contributed by atoms with Crippen LogP contribution in [0.3, 0.4) is 0 Å². The molecule has 1 aliphatic carbocycles. The molecule has 0 saturated heterocycles. The van der Waals surface area contributed by atoms with Gasteiger partial charge < -0.3 is 10.1 Å². The molecule has 0 bridgehead atoms. The first-order valence-electron chi connectivity index (χ1n) is 6.66. The number of hydrogen-bond acceptors (Lipinski definition) is 2. The topological polar surface area (TPSA) is 21.3 Å². The van der Waals surface area contributed by atoms with Crippen LogP contribution in [0.2, 0.25) is 5.02 Å². The van der Waals surface area contributed by atoms with E-state index in [0.29, 0.717) is 11.1 Å². The first kappa shape index (κ1) is 14.2. The van der Waals surface area contributed by atoms with Crippen molar-refractivity contribution in [2.45, 2.75) is 25.4 Å². The van der Waals surface area contributed by atoms with Crippen molar-refractivity contribution in [3.8, 4) is 11.5 Å². The molecule has 2 aromatic rings. The third kappa shape index (κ3) is 3.87. The van der Waals surface area contributed by atoms with Gasteiger partial charge in [-0.1, -0.05) is 17.7 Å². The maximum atomic E-state index is 6.08. The van der Waals surface area contributed by atoms with Gasteiger partial charge >= 0.3 is 0 Å². The Kier molecular flexibility index (Phi) is 4.48. The molecule has 2 nitrogen and oxygen atoms in total. The molecule has 0 unspecified atom stereocenters. The standard InChI is InChI=1S/C16H15ClINO/c17-12-2-1-11(10-19-14-5-6-14)16(9-12)20-15-7-3-13(18)4-8-15/h1-4,7-9,14,19H,5-6,10H2. The third-order valence-electron chi connectivity index (χ3n) is 3.23. The Balaban J connectivity index is 1.78. The smallest absolute Gasteiger partial charge is 0.133 e. The molecule has 1 fully saturated rings. The molecule has 20 heavy (non-hydrogen) atoms. The van der Waals surface area contributed by atoms with Crippen LogP contribution in [-0.2, 0) is 6.54 Å². The number of nitrogens with one attached hydrogen (secondary N) is 1. The van der Waals surface area contributed by atoms with Crippen molar-refractivity contribution < 1.29 is 4.74 Å². The van der Waals surface area contributed by atoms with E-state index in [-0.39, 0.29) is 0 Å². The molecule has 0 aliphatic heterocycles. The summed E-state index contributed by atoms with van der Waals surface area (Å²) < 4.78 is 7.16. The highest BCUT2D eigenvalue weighted by atomic mass is 127. The molecule has 0 heterocycles. The normalized spacial score (nSPS) is 14.3. The van der Waals surface area contributed by atoms with Gasteiger partial charge in [0.1, 0.15) is 11.5 Å². The van der Waals surface area contributed by atoms with Crippen LogP contribution in [0.5, 0.6) is 11.5 Å². The van der Waals surface area contributed by atoms with Crippen LogP contribution in [0, 0.1) is 3.57 Å². The number of hydrogen-bond donors (Lipinski definition) is 1. The van der Waals surface area contributed by atoms with E-state index in [9.17, 15) is 0 Å². The van der Waals surface area contributed by atoms with Crippen molar-refractivity contribution in [1.29, 1.82) is 0 Å². The molecular weight excluding hydrogens is 385 g/mol. The average molecular weight is 400 g/mol. The quantitative estimate of drug-likeness (QED) is 0.715. The predicted molar refractivity (Wildman–Crippen MR) is 90.5 cm³/mol. The van der Waals surface area contributed by atoms with Crippen LogP contribution in [-0.4, -0.2) is 6.04 Å². The first-order chi connectivity index (χ1) is 9.70. The lowest BCUT2D eigenvalue weighted by atomic mass is 10.2. The van der Waals surface area contributed by atoms with Gasteiger partial charge in [-0.25, -0.2) is 0 Å². The Morgan fingerprint density at radius 2 is 1.90 bits per heavy atom. The summed E-state index contributed by atoms with van der Waals surface area (Å²) in [7, 11) is 0. The molecule has 104 valence electrons. The van der Waals surface area contributed by atoms with Crippen molar-refractivity contribution in [2.24, 2.45) is 0 Å². The second-order valence-electron chi connectivity index (χ2n) is 4.96. The van der Waals surface area contributed by atoms with E-state index in [2.05, 4.69) is 27.9 Å². The van der Waals surface area contributed by atoms with Gasteiger partial charge in [0.05, 0.1) is 0 Å². The number of ether oxygens (including phenoxy) is 1. The third-order valence-corrected chi connectivity index (χ3v) is 4.18. The fourth-order valence-electron chi connectivity index (χ4n) is 1.94. The van der Waals surface area contributed by atoms with Gasteiger partial charge in [-0.15, -0.1) is 0 Å². The maximum Gasteiger partial charge on any atom is 0.133 e. The van der Waals surface area contributed by atoms with Gasteiger partial charge in [0, 0.05) is 26.7 Å². The summed E-state index contributed by atoms with van der Waals surface area (Å²) in [6.07, 6.45) is 2.56. The van der Waals surface area contributed by atoms with Crippen molar-refractivity contribution in [2.75, 3.05) is 0 Å². The number of halogens is 2. The molecule has 0 atom stereocenters. The van der Waals surface area contributed by atoms with E-state index in [4.69, 9.17) is 16.3 Å². The van der Waals surface area contributed by atoms with Crippen molar-refractivity contribution >= 4 is 34.2 Å². The monoisotopic (exact) mass is 399 g/mol. The zero-order valence-electron chi connectivity index (χ0n) is 10.9. The first-order valence-corrected chi connectivity index (χ1v) is 8.11. The van der Waals surface area contributed by atoms with Crippen LogP contribution in [0.1, 0.15) is 18.4 Å². The Morgan fingerprint density at radius 1 is 1.15 bits per heavy atom. The molecule has 2 aromatic carbocycles. The predicted octanol–water partition coefficient (Wildman–Crippen LogP) is 4.99. The van der Waals surface area contributed by atoms with E-state index in [1.54, 1.807) is 0 Å². The van der Waals surface area contributed by atoms with E-state index in [0.717, 1.165) is 23.6 Å². The Labute approximate surface area is 137 Å². The van der Waals surface area contributed by atoms with Gasteiger partial charge in [0.15, 0.2) is 0 Å². The molecule has 4 heteroatoms. The van der Waals surface area contributed by atoms with Gasteiger partial charge in [0.25, 0.3) is 0 Å². The summed E-state index contributed by atoms with van der Waals surface area (Å²) in [5, 5.41) is 4.20. The Morgan fingerprint density at radius 3 is 2.60 bits per heavy atom. The molecule has 0 radical (unpaired) electrons. The lowest BCUT2D eigenvalue weighted by Crippen LogP contribution is -2.15. The van der Waals surface area contributed by atoms with Crippen LogP contribution in [0.25, 0.3) is 0 Å². The van der Waals surface area contributed by atoms with Gasteiger partial charge in [-0.05, 0) is 71.8 Å². The molecule has 0 spiro atoms. The zero-order chi connectivity index (χ0) is 13.9. The molecule has 1 saturated carbocycles. The van der Waals surface area contributed by atoms with Crippen LogP contribution in [0.15, 0.2) is 42.5 Å². The largest absolute Gasteiger partial charge is 0.457 e. The summed E-state index contributed by atoms with van der Waals surface area (Å²) >= 11 is 8.36. The summed E-state index contributed by atoms with van der Waals surface area (Å²) in [4.78, 5) is 0. The van der Waals surface area contributed by atoms with Gasteiger partial charge in [-0.2, -0.15) is 0 Å². The van der Waals surface area contributed by atoms with E-state index in [1.807, 2.05) is 42.5 Å². The SMILES string of the molecule is Clc1ccc(CNC2CC2)c(Oc2ccc(I)cc2)c1. The van der Waals surface area contributed by atoms with Gasteiger partial charge in [-0.3, -0.25) is 0 Å². The van der Waals surface area contributed by atoms with Crippen molar-refractivity contribution in [1.82, 2.24) is 5.32 Å². The molecular formula is C16H15ClINO. The van der Waals surface area contributed by atoms with E-state index < -0.39 is 0 Å². The highest BCUT2D eigenvalue weighted by Gasteiger charge is 2.20. The van der Waals surface area contributed by atoms with Crippen molar-refractivity contribution in [3.05, 3.63) is 56.6 Å². The fourth-order valence-corrected chi connectivity index (χ4v) is 2.46. The fraction of sp³-hybridized carbons (Fsp3) is 0.250. The minimum Gasteiger partial charge on any atom is -0.457 e. The van der Waals surface area contributed by atoms with Crippen LogP contribution < -0.4 is 10.1 Å². The second kappa shape index (κ2) is 6.33. The molecule has 0 aromatic heterocycles. The van der Waals surface area contributed by atoms with Crippen LogP contribution in [0.4, 0.5) is 0 Å². The minimum atomic E-state index is 0.678. The highest BCUT2D eigenvalue weighted by Crippen LogP contribution is 2.29. The van der Waals surface area contributed by atoms with E-state index in [1.165, 1.54) is 16.4 Å². The molecule has 3 rings (SSSR count). The number of rotatable bonds is 5. The Bertz CT molecular complexity index is 596. The van der Waals surface area contributed by atoms with Crippen molar-refractivity contribution in [3.63, 3.8) is 0 Å². The summed E-state index contributed by atoms with van der Waals surface area (Å²) in [5.74, 6) is 1.66. The lowest BCUT2D eigenvalue weighted by Gasteiger charge is -2.12. The zero-order valence-corrected chi connectivity index (χ0v) is 13.8. The summed E-state index contributed by atoms with van der Waals surface area (Å²) in [6, 6.07) is 14.5. The molecule has 1 aliphatic rings. The Hall–Kier alpha value is -0.780. The lowest BCUT2D eigenvalue weighted by molar-refractivity contribution is 0.472. The highest BCUT2D eigenvalue weighted by molar-refractivity contribution is 14.1.